The number of anilines is 3. The van der Waals surface area contributed by atoms with Gasteiger partial charge in [0.15, 0.2) is 36.8 Å². The predicted molar refractivity (Wildman–Crippen MR) is 497 cm³/mol. The minimum Gasteiger partial charge on any atom is -0.397 e. The Labute approximate surface area is 819 Å². The molecule has 6 aliphatic rings. The van der Waals surface area contributed by atoms with Gasteiger partial charge in [0.25, 0.3) is 16.7 Å². The summed E-state index contributed by atoms with van der Waals surface area (Å²) < 4.78 is 207. The molecule has 58 nitrogen and oxygen atoms in total. The molecule has 13 heterocycles. The highest BCUT2D eigenvalue weighted by Gasteiger charge is 2.59. The Kier molecular flexibility index (Phi) is 38.3. The number of methoxy groups -OCH3 is 5. The van der Waals surface area contributed by atoms with Crippen molar-refractivity contribution in [1.29, 1.82) is 0 Å². The van der Waals surface area contributed by atoms with Crippen LogP contribution in [0.5, 0.6) is 0 Å². The van der Waals surface area contributed by atoms with Gasteiger partial charge >= 0.3 is 64.3 Å². The number of nitrogens with zero attached hydrogens (tertiary/aromatic N) is 10. The first-order valence-corrected chi connectivity index (χ1v) is 54.3. The molecule has 6 aliphatic heterocycles. The lowest BCUT2D eigenvalue weighted by atomic mass is 10.1. The molecule has 790 valence electrons. The van der Waals surface area contributed by atoms with Crippen LogP contribution < -0.4 is 62.3 Å². The van der Waals surface area contributed by atoms with Crippen LogP contribution in [0.25, 0.3) is 11.2 Å². The molecule has 14 N–H and O–H groups in total. The van der Waals surface area contributed by atoms with Crippen LogP contribution in [0, 0.1) is 34.6 Å². The summed E-state index contributed by atoms with van der Waals surface area (Å²) in [6.07, 6.45) is -29.3. The second kappa shape index (κ2) is 48.5. The lowest BCUT2D eigenvalue weighted by Crippen LogP contribution is -2.42. The van der Waals surface area contributed by atoms with Crippen molar-refractivity contribution in [1.82, 2.24) is 62.3 Å². The molecule has 0 radical (unpaired) electrons. The van der Waals surface area contributed by atoms with Gasteiger partial charge in [-0.25, -0.2) is 47.6 Å². The number of rotatable bonds is 51. The van der Waals surface area contributed by atoms with Crippen LogP contribution in [-0.2, 0) is 158 Å². The fourth-order valence-corrected chi connectivity index (χ4v) is 22.3. The number of thiol groups is 1. The zero-order chi connectivity index (χ0) is 103. The van der Waals surface area contributed by atoms with Crippen LogP contribution in [0.3, 0.4) is 0 Å². The number of ether oxygens (including phenoxy) is 16. The number of aliphatic hydroxyl groups is 1. The summed E-state index contributed by atoms with van der Waals surface area (Å²) in [7, 11) is -5.19. The number of aryl methyl sites for hydroxylation is 5. The summed E-state index contributed by atoms with van der Waals surface area (Å²) in [5.74, 6) is -0.383. The molecule has 6 fully saturated rings. The van der Waals surface area contributed by atoms with E-state index in [1.807, 2.05) is 0 Å². The van der Waals surface area contributed by atoms with Gasteiger partial charge in [-0.15, -0.1) is 0 Å². The zero-order valence-corrected chi connectivity index (χ0v) is 84.8. The molecule has 11 unspecified atom stereocenters. The second-order valence-electron chi connectivity index (χ2n) is 32.9. The Hall–Kier alpha value is -7.08. The number of fused-ring (bicyclic) bond motifs is 1. The maximum Gasteiger partial charge on any atom is 0.472 e. The maximum absolute atomic E-state index is 15.3. The quantitative estimate of drug-likeness (QED) is 0.0122. The number of imidazole rings is 1. The molecule has 7 aromatic rings. The van der Waals surface area contributed by atoms with E-state index in [0.29, 0.717) is 5.52 Å². The topological polar surface area (TPSA) is 735 Å². The van der Waals surface area contributed by atoms with E-state index in [0.717, 1.165) is 35.2 Å². The third kappa shape index (κ3) is 27.1. The van der Waals surface area contributed by atoms with Crippen molar-refractivity contribution in [2.45, 2.75) is 189 Å². The van der Waals surface area contributed by atoms with Gasteiger partial charge in [0.1, 0.15) is 115 Å². The summed E-state index contributed by atoms with van der Waals surface area (Å²) in [6, 6.07) is 1.53. The minimum atomic E-state index is -5.98. The number of nitrogens with one attached hydrogen (secondary N) is 3. The van der Waals surface area contributed by atoms with Crippen molar-refractivity contribution in [3.63, 3.8) is 0 Å². The predicted octanol–water partition coefficient (Wildman–Crippen LogP) is -1.12. The number of phosphoric acid groups is 2. The molecule has 66 heteroatoms. The number of aromatic nitrogens is 13. The van der Waals surface area contributed by atoms with Gasteiger partial charge in [0, 0.05) is 107 Å². The molecular formula is C76H111N16O42P5S3. The summed E-state index contributed by atoms with van der Waals surface area (Å²) in [4.78, 5) is 179. The second-order valence-corrected chi connectivity index (χ2v) is 44.2. The van der Waals surface area contributed by atoms with E-state index in [2.05, 4.69) is 47.1 Å². The number of nitrogen functional groups attached to an aromatic ring is 3. The van der Waals surface area contributed by atoms with Gasteiger partial charge in [-0.05, 0) is 71.2 Å². The number of phosphoric ester groups is 2. The monoisotopic (exact) mass is 2170 g/mol. The number of aromatic amines is 3. The lowest BCUT2D eigenvalue weighted by molar-refractivity contribution is -0.0853. The molecule has 0 aliphatic carbocycles. The van der Waals surface area contributed by atoms with Crippen LogP contribution in [0.2, 0.25) is 0 Å². The first kappa shape index (κ1) is 112. The number of H-pyrrole nitrogens is 3. The average molecular weight is 2170 g/mol. The van der Waals surface area contributed by atoms with E-state index in [4.69, 9.17) is 162 Å². The summed E-state index contributed by atoms with van der Waals surface area (Å²) in [6.45, 7) is -13.5. The zero-order valence-electron chi connectivity index (χ0n) is 77.8. The van der Waals surface area contributed by atoms with Crippen molar-refractivity contribution in [2.75, 3.05) is 152 Å². The minimum absolute atomic E-state index is 0.0498. The highest BCUT2D eigenvalue weighted by molar-refractivity contribution is 8.44. The van der Waals surface area contributed by atoms with Crippen molar-refractivity contribution < 1.29 is 159 Å². The van der Waals surface area contributed by atoms with Gasteiger partial charge in [-0.1, -0.05) is 12.2 Å². The van der Waals surface area contributed by atoms with E-state index >= 15 is 13.7 Å². The molecule has 142 heavy (non-hydrogen) atoms. The molecule has 0 saturated carbocycles. The van der Waals surface area contributed by atoms with Gasteiger partial charge in [0.2, 0.25) is 0 Å². The Morgan fingerprint density at radius 1 is 0.430 bits per heavy atom. The van der Waals surface area contributed by atoms with Crippen LogP contribution in [0.4, 0.5) is 17.3 Å². The standard InChI is InChI=1S/C76H111N16O42P5S3/c1-36-25-88(72(97)82-61(36)78)68-58(116-21-16-111-9)53(47(128-68)33-122-137(106,140)130-43-24-49(124-41(43)6)87-27-38(3)64(94)84-74(87)99)132-135(102,103)119-31-45-52(57(115-20-15-110-8)69(126-45)90-28-39(4)65(95)85-75(90)100)131-136(104,105)120-32-46-54(59(117-22-17-112-10)71(127-46)91-29-40(5)66(96)86-76(91)101)133-139(108,142)123-34-48-55(60(118-23-18-113-11)70(129-48)89-26-37(2)62(79)83-73(89)98)134-138(107,141)121-30-44-51(93)56(114-19-14-109-7)67(125-44)92-35-81-50-42(77)12-13-80-63(50)92/h12-13,25-29,35,41,43-49,51-60,67-71,93H,14-24,30-34H2,1-11H3,(H2,77,80)(H,102,103)(H,104,105)(H,106,140)(H,107,141)(H,108,142)(H2,78,82,97)(H2,79,83,98)(H,84,94,99)(H,85,95,100)(H,86,96,101)/t41-,43?,44-,45-,46-,47-,48-,49-,51?,52?,53?,54?,55?,56+,57+,58+,59+,60+,67-,68-,69-,70-,71-,137?,138?,139?/m1/s1. The first-order valence-electron chi connectivity index (χ1n) is 43.4. The molecule has 0 aromatic carbocycles. The van der Waals surface area contributed by atoms with Gasteiger partial charge in [-0.3, -0.25) is 88.4 Å². The maximum atomic E-state index is 15.3. The van der Waals surface area contributed by atoms with E-state index in [-0.39, 0.29) is 110 Å². The lowest BCUT2D eigenvalue weighted by Gasteiger charge is -2.30. The third-order valence-electron chi connectivity index (χ3n) is 23.0. The third-order valence-corrected chi connectivity index (χ3v) is 29.8. The fourth-order valence-electron chi connectivity index (χ4n) is 16.0. The molecule has 7 aromatic heterocycles. The van der Waals surface area contributed by atoms with E-state index < -0.39 is 268 Å². The molecular weight excluding hydrogens is 2060 g/mol. The summed E-state index contributed by atoms with van der Waals surface area (Å²) in [5.41, 5.74) is 12.0. The van der Waals surface area contributed by atoms with Crippen molar-refractivity contribution in [2.24, 2.45) is 0 Å². The smallest absolute Gasteiger partial charge is 0.397 e. The van der Waals surface area contributed by atoms with Crippen LogP contribution in [-0.4, -0.2) is 325 Å². The van der Waals surface area contributed by atoms with E-state index in [1.165, 1.54) is 119 Å². The Morgan fingerprint density at radius 3 is 1.20 bits per heavy atom. The van der Waals surface area contributed by atoms with Crippen LogP contribution in [0.15, 0.2) is 87.9 Å². The summed E-state index contributed by atoms with van der Waals surface area (Å²) in [5, 5.41) is 11.9. The highest BCUT2D eigenvalue weighted by Crippen LogP contribution is 2.60. The van der Waals surface area contributed by atoms with Gasteiger partial charge < -0.3 is 131 Å². The number of pyridine rings is 1. The summed E-state index contributed by atoms with van der Waals surface area (Å²) >= 11 is 15.6. The SMILES string of the molecule is COCCO[C@H]1C(OP(=O)(O)OC[C@H]2O[C@@H](n3cc(C)c(=O)[nH]c3=O)[C@@H](OCCOC)C2OP(=O)(O)OC[C@H]2O[C@@H](n3cc(C)c(=O)[nH]c3=O)[C@@H](OCCOC)C2OP(O)(=S)OC[C@H]2O[C@@H](n3cc(C)c(N)nc3=O)[C@@H](OCCOC)C2OP(=O)(S)OC[C@H]2O[C@@H](n3cnc4c(N)ccnc43)[C@@H](OCCOC)C2O)[C@@H](COP(O)(=S)OC2C[C@H](n3cc(C)c(=O)[nH]c3=O)O[C@@H]2C)O[C@H]1n1cc(C)c(N)nc1=O. The number of hydrogen-bond donors (Lipinski definition) is 12. The van der Waals surface area contributed by atoms with E-state index in [9.17, 15) is 63.0 Å². The molecule has 0 amide bonds. The number of nitrogens with two attached hydrogens (primary N) is 3. The van der Waals surface area contributed by atoms with E-state index in [1.54, 1.807) is 0 Å². The van der Waals surface area contributed by atoms with Crippen molar-refractivity contribution in [3.8, 4) is 0 Å². The Morgan fingerprint density at radius 2 is 0.775 bits per heavy atom. The molecule has 6 saturated heterocycles. The van der Waals surface area contributed by atoms with Crippen LogP contribution >= 0.6 is 48.1 Å². The average Bonchev–Trinajstić information content (AvgIpc) is 1.62. The molecule has 13 rings (SSSR count). The normalized spacial score (nSPS) is 29.5. The molecule has 0 spiro atoms. The Bertz CT molecular complexity index is 6340. The highest BCUT2D eigenvalue weighted by atomic mass is 32.7. The fraction of sp³-hybridized carbons (Fsp3) is 0.658. The van der Waals surface area contributed by atoms with Gasteiger partial charge in [-0.2, -0.15) is 9.97 Å². The first-order chi connectivity index (χ1) is 67.3. The van der Waals surface area contributed by atoms with Crippen LogP contribution in [0.1, 0.15) is 78.5 Å². The number of aliphatic hydroxyl groups excluding tert-OH is 1. The van der Waals surface area contributed by atoms with Crippen molar-refractivity contribution >= 4 is 100 Å². The molecule has 0 bridgehead atoms. The molecule has 28 atom stereocenters. The largest absolute Gasteiger partial charge is 0.472 e. The Balaban J connectivity index is 0.792. The van der Waals surface area contributed by atoms with Gasteiger partial charge in [0.05, 0.1) is 123 Å². The number of hydrogen-bond acceptors (Lipinski definition) is 47. The van der Waals surface area contributed by atoms with Crippen molar-refractivity contribution in [3.05, 3.63) is 161 Å².